The Morgan fingerprint density at radius 3 is 2.80 bits per heavy atom. The molecule has 1 rings (SSSR count). The van der Waals surface area contributed by atoms with Crippen LogP contribution in [-0.4, -0.2) is 5.75 Å². The second-order valence-electron chi connectivity index (χ2n) is 3.17. The number of anilines is 1. The van der Waals surface area contributed by atoms with Gasteiger partial charge in [-0.05, 0) is 19.1 Å². The van der Waals surface area contributed by atoms with Gasteiger partial charge in [0.25, 0.3) is 0 Å². The lowest BCUT2D eigenvalue weighted by Gasteiger charge is -2.06. The maximum atomic E-state index is 8.77. The molecule has 0 aliphatic heterocycles. The molecular formula is C11H11N3S. The highest BCUT2D eigenvalue weighted by Crippen LogP contribution is 2.28. The normalized spacial score (nSPS) is 11.4. The van der Waals surface area contributed by atoms with E-state index in [0.29, 0.717) is 17.0 Å². The van der Waals surface area contributed by atoms with Crippen molar-refractivity contribution < 1.29 is 0 Å². The maximum Gasteiger partial charge on any atom is 0.101 e. The van der Waals surface area contributed by atoms with E-state index in [4.69, 9.17) is 16.3 Å². The van der Waals surface area contributed by atoms with Crippen molar-refractivity contribution in [1.82, 2.24) is 0 Å². The average Bonchev–Trinajstić information content (AvgIpc) is 2.27. The summed E-state index contributed by atoms with van der Waals surface area (Å²) in [6, 6.07) is 9.54. The van der Waals surface area contributed by atoms with Crippen LogP contribution in [0.3, 0.4) is 0 Å². The summed E-state index contributed by atoms with van der Waals surface area (Å²) in [5.74, 6) is 0.676. The zero-order chi connectivity index (χ0) is 11.3. The summed E-state index contributed by atoms with van der Waals surface area (Å²) in [5, 5.41) is 17.4. The summed E-state index contributed by atoms with van der Waals surface area (Å²) >= 11 is 1.51. The first-order valence-electron chi connectivity index (χ1n) is 4.50. The van der Waals surface area contributed by atoms with Gasteiger partial charge in [0.2, 0.25) is 0 Å². The Morgan fingerprint density at radius 1 is 1.47 bits per heavy atom. The summed E-state index contributed by atoms with van der Waals surface area (Å²) in [7, 11) is 0. The molecule has 4 heteroatoms. The van der Waals surface area contributed by atoms with E-state index in [9.17, 15) is 0 Å². The van der Waals surface area contributed by atoms with Crippen LogP contribution in [0.1, 0.15) is 12.5 Å². The number of nitrogens with two attached hydrogens (primary N) is 1. The predicted molar refractivity (Wildman–Crippen MR) is 61.1 cm³/mol. The molecular weight excluding hydrogens is 206 g/mol. The molecule has 3 nitrogen and oxygen atoms in total. The number of nitrogen functional groups attached to an aromatic ring is 1. The van der Waals surface area contributed by atoms with E-state index in [2.05, 4.69) is 6.07 Å². The molecule has 0 fully saturated rings. The van der Waals surface area contributed by atoms with E-state index in [0.717, 1.165) is 4.90 Å². The molecule has 1 atom stereocenters. The van der Waals surface area contributed by atoms with Gasteiger partial charge >= 0.3 is 0 Å². The van der Waals surface area contributed by atoms with Crippen LogP contribution in [0.25, 0.3) is 0 Å². The molecule has 0 saturated heterocycles. The molecule has 0 aliphatic rings. The van der Waals surface area contributed by atoms with Crippen molar-refractivity contribution in [2.45, 2.75) is 11.8 Å². The lowest BCUT2D eigenvalue weighted by atomic mass is 10.2. The first kappa shape index (κ1) is 11.4. The Balaban J connectivity index is 2.80. The summed E-state index contributed by atoms with van der Waals surface area (Å²) in [5.41, 5.74) is 6.80. The van der Waals surface area contributed by atoms with Gasteiger partial charge in [-0.3, -0.25) is 0 Å². The van der Waals surface area contributed by atoms with Crippen LogP contribution in [-0.2, 0) is 0 Å². The van der Waals surface area contributed by atoms with E-state index >= 15 is 0 Å². The van der Waals surface area contributed by atoms with Crippen molar-refractivity contribution in [3.63, 3.8) is 0 Å². The lowest BCUT2D eigenvalue weighted by molar-refractivity contribution is 0.864. The number of thioether (sulfide) groups is 1. The van der Waals surface area contributed by atoms with Crippen LogP contribution in [0, 0.1) is 28.6 Å². The van der Waals surface area contributed by atoms with E-state index in [1.165, 1.54) is 11.8 Å². The number of rotatable bonds is 3. The number of hydrogen-bond acceptors (Lipinski definition) is 4. The largest absolute Gasteiger partial charge is 0.397 e. The molecule has 1 aromatic carbocycles. The Labute approximate surface area is 93.5 Å². The molecule has 0 aromatic heterocycles. The fraction of sp³-hybridized carbons (Fsp3) is 0.273. The van der Waals surface area contributed by atoms with E-state index in [1.807, 2.05) is 19.1 Å². The first-order valence-corrected chi connectivity index (χ1v) is 5.48. The Hall–Kier alpha value is -1.65. The number of hydrogen-bond donors (Lipinski definition) is 1. The minimum Gasteiger partial charge on any atom is -0.397 e. The zero-order valence-electron chi connectivity index (χ0n) is 8.40. The predicted octanol–water partition coefficient (Wildman–Crippen LogP) is 2.39. The fourth-order valence-electron chi connectivity index (χ4n) is 1.02. The Kier molecular flexibility index (Phi) is 4.03. The van der Waals surface area contributed by atoms with Gasteiger partial charge in [-0.15, -0.1) is 11.8 Å². The molecule has 0 radical (unpaired) electrons. The SMILES string of the molecule is CC(C#N)CSc1cccc(C#N)c1N. The van der Waals surface area contributed by atoms with Gasteiger partial charge in [-0.25, -0.2) is 0 Å². The van der Waals surface area contributed by atoms with Crippen LogP contribution in [0.2, 0.25) is 0 Å². The van der Waals surface area contributed by atoms with Gasteiger partial charge in [0.05, 0.1) is 23.2 Å². The van der Waals surface area contributed by atoms with Crippen LogP contribution in [0.15, 0.2) is 23.1 Å². The topological polar surface area (TPSA) is 73.6 Å². The summed E-state index contributed by atoms with van der Waals surface area (Å²) < 4.78 is 0. The van der Waals surface area contributed by atoms with Gasteiger partial charge in [-0.1, -0.05) is 6.07 Å². The van der Waals surface area contributed by atoms with Crippen LogP contribution in [0.5, 0.6) is 0 Å². The highest BCUT2D eigenvalue weighted by Gasteiger charge is 2.06. The second kappa shape index (κ2) is 5.29. The van der Waals surface area contributed by atoms with Crippen molar-refractivity contribution in [2.75, 3.05) is 11.5 Å². The Bertz CT molecular complexity index is 428. The molecule has 2 N–H and O–H groups in total. The quantitative estimate of drug-likeness (QED) is 0.623. The number of para-hydroxylation sites is 1. The molecule has 1 aromatic rings. The molecule has 0 bridgehead atoms. The molecule has 0 aliphatic carbocycles. The third-order valence-corrected chi connectivity index (χ3v) is 3.23. The van der Waals surface area contributed by atoms with Crippen LogP contribution < -0.4 is 5.73 Å². The minimum atomic E-state index is -0.0138. The van der Waals surface area contributed by atoms with Gasteiger partial charge in [0.15, 0.2) is 0 Å². The third-order valence-electron chi connectivity index (χ3n) is 1.90. The van der Waals surface area contributed by atoms with E-state index in [1.54, 1.807) is 12.1 Å². The molecule has 0 heterocycles. The van der Waals surface area contributed by atoms with Crippen molar-refractivity contribution in [3.8, 4) is 12.1 Å². The van der Waals surface area contributed by atoms with Crippen molar-refractivity contribution in [2.24, 2.45) is 5.92 Å². The van der Waals surface area contributed by atoms with E-state index < -0.39 is 0 Å². The summed E-state index contributed by atoms with van der Waals surface area (Å²) in [4.78, 5) is 0.871. The average molecular weight is 217 g/mol. The molecule has 76 valence electrons. The molecule has 0 saturated carbocycles. The van der Waals surface area contributed by atoms with Gasteiger partial charge in [0.1, 0.15) is 6.07 Å². The smallest absolute Gasteiger partial charge is 0.101 e. The lowest BCUT2D eigenvalue weighted by Crippen LogP contribution is -1.97. The monoisotopic (exact) mass is 217 g/mol. The van der Waals surface area contributed by atoms with Crippen molar-refractivity contribution in [1.29, 1.82) is 10.5 Å². The standard InChI is InChI=1S/C11H11N3S/c1-8(5-12)7-15-10-4-2-3-9(6-13)11(10)14/h2-4,8H,7,14H2,1H3. The van der Waals surface area contributed by atoms with Crippen LogP contribution in [0.4, 0.5) is 5.69 Å². The Morgan fingerprint density at radius 2 is 2.20 bits per heavy atom. The molecule has 1 unspecified atom stereocenters. The first-order chi connectivity index (χ1) is 7.19. The number of nitriles is 2. The van der Waals surface area contributed by atoms with Gasteiger partial charge in [-0.2, -0.15) is 10.5 Å². The van der Waals surface area contributed by atoms with Gasteiger partial charge in [0, 0.05) is 10.6 Å². The summed E-state index contributed by atoms with van der Waals surface area (Å²) in [6.45, 7) is 1.86. The fourth-order valence-corrected chi connectivity index (χ4v) is 1.96. The highest BCUT2D eigenvalue weighted by atomic mass is 32.2. The molecule has 15 heavy (non-hydrogen) atoms. The number of benzene rings is 1. The number of nitrogens with zero attached hydrogens (tertiary/aromatic N) is 2. The molecule has 0 amide bonds. The third kappa shape index (κ3) is 2.90. The zero-order valence-corrected chi connectivity index (χ0v) is 9.21. The highest BCUT2D eigenvalue weighted by molar-refractivity contribution is 7.99. The van der Waals surface area contributed by atoms with E-state index in [-0.39, 0.29) is 5.92 Å². The summed E-state index contributed by atoms with van der Waals surface area (Å²) in [6.07, 6.45) is 0. The van der Waals surface area contributed by atoms with Crippen molar-refractivity contribution >= 4 is 17.4 Å². The van der Waals surface area contributed by atoms with Crippen molar-refractivity contribution in [3.05, 3.63) is 23.8 Å². The molecule has 0 spiro atoms. The minimum absolute atomic E-state index is 0.0138. The maximum absolute atomic E-state index is 8.77. The van der Waals surface area contributed by atoms with Crippen LogP contribution >= 0.6 is 11.8 Å². The van der Waals surface area contributed by atoms with Gasteiger partial charge < -0.3 is 5.73 Å². The second-order valence-corrected chi connectivity index (χ2v) is 4.23.